The Morgan fingerprint density at radius 1 is 0.739 bits per heavy atom. The summed E-state index contributed by atoms with van der Waals surface area (Å²) in [4.78, 5) is 0. The quantitative estimate of drug-likeness (QED) is 0.118. The minimum absolute atomic E-state index is 0.220. The van der Waals surface area contributed by atoms with Gasteiger partial charge in [0.25, 0.3) is 0 Å². The fraction of sp³-hybridized carbons (Fsp3) is 0.429. The molecular weight excluding hydrogens is 563 g/mol. The van der Waals surface area contributed by atoms with E-state index in [4.69, 9.17) is 12.6 Å². The lowest BCUT2D eigenvalue weighted by atomic mass is 9.67. The molecule has 0 saturated carbocycles. The van der Waals surface area contributed by atoms with Crippen LogP contribution in [0.2, 0.25) is 0 Å². The third kappa shape index (κ3) is 7.45. The third-order valence-electron chi connectivity index (χ3n) is 10.4. The fourth-order valence-corrected chi connectivity index (χ4v) is 6.50. The highest BCUT2D eigenvalue weighted by molar-refractivity contribution is 6.33. The van der Waals surface area contributed by atoms with E-state index in [9.17, 15) is 10.2 Å². The first-order valence-corrected chi connectivity index (χ1v) is 16.8. The van der Waals surface area contributed by atoms with Gasteiger partial charge >= 0.3 is 0 Å². The van der Waals surface area contributed by atoms with E-state index in [0.29, 0.717) is 13.0 Å². The van der Waals surface area contributed by atoms with Crippen LogP contribution in [-0.2, 0) is 17.3 Å². The van der Waals surface area contributed by atoms with Gasteiger partial charge in [0, 0.05) is 17.4 Å². The van der Waals surface area contributed by atoms with Gasteiger partial charge in [0.2, 0.25) is 0 Å². The maximum atomic E-state index is 9.86. The molecule has 4 rings (SSSR count). The molecule has 0 bridgehead atoms. The van der Waals surface area contributed by atoms with Crippen molar-refractivity contribution in [2.75, 3.05) is 13.2 Å². The molecule has 0 amide bonds. The lowest BCUT2D eigenvalue weighted by Gasteiger charge is -2.35. The van der Waals surface area contributed by atoms with Crippen LogP contribution in [0.25, 0.3) is 0 Å². The Kier molecular flexibility index (Phi) is 11.3. The molecule has 4 heteroatoms. The van der Waals surface area contributed by atoms with Crippen LogP contribution in [0.4, 0.5) is 0 Å². The molecule has 3 atom stereocenters. The highest BCUT2D eigenvalue weighted by atomic mass is 16.5. The summed E-state index contributed by atoms with van der Waals surface area (Å²) in [5, 5.41) is 19.4. The predicted molar refractivity (Wildman–Crippen MR) is 194 cm³/mol. The van der Waals surface area contributed by atoms with Crippen LogP contribution in [0.1, 0.15) is 103 Å². The number of hydrogen-bond acceptors (Lipinski definition) is 3. The van der Waals surface area contributed by atoms with E-state index in [1.54, 1.807) is 0 Å². The van der Waals surface area contributed by atoms with Crippen molar-refractivity contribution in [3.63, 3.8) is 0 Å². The van der Waals surface area contributed by atoms with Gasteiger partial charge in [-0.25, -0.2) is 0 Å². The van der Waals surface area contributed by atoms with Gasteiger partial charge in [-0.1, -0.05) is 99.4 Å². The normalized spacial score (nSPS) is 14.5. The van der Waals surface area contributed by atoms with Crippen molar-refractivity contribution in [3.05, 3.63) is 128 Å². The first kappa shape index (κ1) is 35.5. The second kappa shape index (κ2) is 14.6. The predicted octanol–water partition coefficient (Wildman–Crippen LogP) is 8.10. The molecule has 0 aromatic heterocycles. The Labute approximate surface area is 279 Å². The van der Waals surface area contributed by atoms with Gasteiger partial charge in [0.05, 0.1) is 6.10 Å². The average Bonchev–Trinajstić information content (AvgIpc) is 3.05. The summed E-state index contributed by atoms with van der Waals surface area (Å²) in [5.41, 5.74) is 12.5. The zero-order chi connectivity index (χ0) is 33.8. The number of aryl methyl sites for hydroxylation is 3. The van der Waals surface area contributed by atoms with Gasteiger partial charge in [-0.15, -0.1) is 0 Å². The number of benzene rings is 4. The standard InChI is InChI=1S/C42H53BO3/c1-10-37(45)26-46-38-18-16-33(17-19-38)41(7,8)32-12-14-34(15-13-32)42(9,36-21-28(3)31(6)40(43)24-36)35-22-29(4)39(30(5)23-35)20-11-27(2)25-44/h12-19,21-24,27,37,44-45H,10-11,20,25-26H2,1-9H3. The van der Waals surface area contributed by atoms with Gasteiger partial charge in [-0.3, -0.25) is 0 Å². The lowest BCUT2D eigenvalue weighted by Crippen LogP contribution is -2.28. The molecule has 0 heterocycles. The number of hydrogen-bond donors (Lipinski definition) is 2. The SMILES string of the molecule is [B]c1cc(C(C)(c2ccc(C(C)(C)c3ccc(OCC(O)CC)cc3)cc2)c2cc(C)c(CCC(C)CO)c(C)c2)cc(C)c1C. The molecule has 0 spiro atoms. The third-order valence-corrected chi connectivity index (χ3v) is 10.4. The molecule has 2 N–H and O–H groups in total. The second-order valence-corrected chi connectivity index (χ2v) is 14.1. The van der Waals surface area contributed by atoms with Crippen LogP contribution in [0, 0.1) is 33.6 Å². The van der Waals surface area contributed by atoms with Crippen LogP contribution in [-0.4, -0.2) is 37.4 Å². The number of ether oxygens (including phenoxy) is 1. The van der Waals surface area contributed by atoms with Crippen LogP contribution in [0.5, 0.6) is 5.75 Å². The molecule has 0 fully saturated rings. The van der Waals surface area contributed by atoms with E-state index < -0.39 is 11.5 Å². The largest absolute Gasteiger partial charge is 0.491 e. The Morgan fingerprint density at radius 2 is 1.24 bits per heavy atom. The van der Waals surface area contributed by atoms with Crippen molar-refractivity contribution < 1.29 is 14.9 Å². The first-order valence-electron chi connectivity index (χ1n) is 16.8. The van der Waals surface area contributed by atoms with E-state index in [-0.39, 0.29) is 17.9 Å². The maximum absolute atomic E-state index is 9.86. The van der Waals surface area contributed by atoms with E-state index in [2.05, 4.69) is 116 Å². The Morgan fingerprint density at radius 3 is 1.76 bits per heavy atom. The molecule has 242 valence electrons. The molecule has 0 saturated heterocycles. The highest BCUT2D eigenvalue weighted by Crippen LogP contribution is 2.42. The molecule has 46 heavy (non-hydrogen) atoms. The second-order valence-electron chi connectivity index (χ2n) is 14.1. The van der Waals surface area contributed by atoms with Gasteiger partial charge < -0.3 is 14.9 Å². The minimum atomic E-state index is -0.452. The van der Waals surface area contributed by atoms with E-state index in [0.717, 1.165) is 29.6 Å². The van der Waals surface area contributed by atoms with E-state index in [1.165, 1.54) is 50.1 Å². The zero-order valence-corrected chi connectivity index (χ0v) is 29.5. The van der Waals surface area contributed by atoms with Gasteiger partial charge in [-0.2, -0.15) is 0 Å². The Hall–Kier alpha value is -3.34. The lowest BCUT2D eigenvalue weighted by molar-refractivity contribution is 0.104. The number of rotatable bonds is 13. The van der Waals surface area contributed by atoms with Crippen molar-refractivity contribution in [1.29, 1.82) is 0 Å². The summed E-state index contributed by atoms with van der Waals surface area (Å²) in [7, 11) is 6.59. The van der Waals surface area contributed by atoms with E-state index in [1.807, 2.05) is 19.1 Å². The summed E-state index contributed by atoms with van der Waals surface area (Å²) < 4.78 is 5.78. The van der Waals surface area contributed by atoms with Crippen LogP contribution >= 0.6 is 0 Å². The summed E-state index contributed by atoms with van der Waals surface area (Å²) in [6.45, 7) is 20.1. The molecule has 4 aromatic rings. The van der Waals surface area contributed by atoms with Gasteiger partial charge in [0.15, 0.2) is 0 Å². The van der Waals surface area contributed by atoms with E-state index >= 15 is 0 Å². The van der Waals surface area contributed by atoms with Crippen molar-refractivity contribution in [2.45, 2.75) is 98.5 Å². The topological polar surface area (TPSA) is 49.7 Å². The molecule has 3 unspecified atom stereocenters. The van der Waals surface area contributed by atoms with Crippen LogP contribution in [0.3, 0.4) is 0 Å². The molecule has 0 aliphatic heterocycles. The summed E-state index contributed by atoms with van der Waals surface area (Å²) in [6.07, 6.45) is 2.15. The van der Waals surface area contributed by atoms with Crippen molar-refractivity contribution in [1.82, 2.24) is 0 Å². The first-order chi connectivity index (χ1) is 21.7. The smallest absolute Gasteiger partial charge is 0.119 e. The Balaban J connectivity index is 1.75. The molecular formula is C42H53BO3. The maximum Gasteiger partial charge on any atom is 0.119 e. The minimum Gasteiger partial charge on any atom is -0.491 e. The fourth-order valence-electron chi connectivity index (χ4n) is 6.50. The van der Waals surface area contributed by atoms with Crippen molar-refractivity contribution >= 4 is 13.3 Å². The zero-order valence-electron chi connectivity index (χ0n) is 29.5. The molecule has 0 aliphatic rings. The number of aliphatic hydroxyl groups is 2. The highest BCUT2D eigenvalue weighted by Gasteiger charge is 2.33. The van der Waals surface area contributed by atoms with Crippen LogP contribution in [0.15, 0.2) is 72.8 Å². The monoisotopic (exact) mass is 616 g/mol. The molecule has 4 aromatic carbocycles. The van der Waals surface area contributed by atoms with Crippen molar-refractivity contribution in [3.8, 4) is 5.75 Å². The van der Waals surface area contributed by atoms with Crippen LogP contribution < -0.4 is 10.2 Å². The molecule has 0 aliphatic carbocycles. The average molecular weight is 617 g/mol. The van der Waals surface area contributed by atoms with Gasteiger partial charge in [-0.05, 0) is 122 Å². The Bertz CT molecular complexity index is 1570. The van der Waals surface area contributed by atoms with Gasteiger partial charge in [0.1, 0.15) is 20.2 Å². The molecule has 3 nitrogen and oxygen atoms in total. The summed E-state index contributed by atoms with van der Waals surface area (Å²) in [6, 6.07) is 26.5. The summed E-state index contributed by atoms with van der Waals surface area (Å²) in [5.74, 6) is 1.06. The van der Waals surface area contributed by atoms with Crippen molar-refractivity contribution in [2.24, 2.45) is 5.92 Å². The molecule has 2 radical (unpaired) electrons. The number of aliphatic hydroxyl groups excluding tert-OH is 2. The summed E-state index contributed by atoms with van der Waals surface area (Å²) >= 11 is 0.